The molecule has 1 saturated heterocycles. The molecule has 2 heterocycles. The summed E-state index contributed by atoms with van der Waals surface area (Å²) in [4.78, 5) is 0.419. The first-order valence-corrected chi connectivity index (χ1v) is 8.07. The molecule has 0 amide bonds. The highest BCUT2D eigenvalue weighted by atomic mass is 32.1. The maximum absolute atomic E-state index is 13.0. The van der Waals surface area contributed by atoms with E-state index in [0.717, 1.165) is 34.6 Å². The van der Waals surface area contributed by atoms with Crippen LogP contribution in [0, 0.1) is 0 Å². The molecule has 1 fully saturated rings. The second-order valence-electron chi connectivity index (χ2n) is 5.88. The Morgan fingerprint density at radius 2 is 1.90 bits per heavy atom. The number of hydrogen-bond acceptors (Lipinski definition) is 3. The molecule has 0 spiro atoms. The van der Waals surface area contributed by atoms with Crippen molar-refractivity contribution in [2.45, 2.75) is 57.3 Å². The molecule has 0 aliphatic carbocycles. The standard InChI is InChI=1S/C15H22F3NOS/c1-9-6-12(7-10(2)19-9)14-11(4-5-20-3)8-13(21-14)15(16,17)18/h8-10,12,19H,4-7H2,1-3H3. The molecule has 0 saturated carbocycles. The molecule has 2 rings (SSSR count). The van der Waals surface area contributed by atoms with Crippen LogP contribution in [0.2, 0.25) is 0 Å². The summed E-state index contributed by atoms with van der Waals surface area (Å²) in [5.41, 5.74) is 0.806. The van der Waals surface area contributed by atoms with Gasteiger partial charge in [0.15, 0.2) is 0 Å². The minimum atomic E-state index is -4.26. The minimum Gasteiger partial charge on any atom is -0.384 e. The molecule has 21 heavy (non-hydrogen) atoms. The van der Waals surface area contributed by atoms with E-state index in [0.29, 0.717) is 25.1 Å². The molecular weight excluding hydrogens is 299 g/mol. The van der Waals surface area contributed by atoms with Gasteiger partial charge >= 0.3 is 6.18 Å². The van der Waals surface area contributed by atoms with Crippen molar-refractivity contribution in [3.63, 3.8) is 0 Å². The number of alkyl halides is 3. The molecule has 2 unspecified atom stereocenters. The van der Waals surface area contributed by atoms with E-state index in [9.17, 15) is 13.2 Å². The summed E-state index contributed by atoms with van der Waals surface area (Å²) in [5, 5.41) is 3.44. The molecule has 2 nitrogen and oxygen atoms in total. The number of thiophene rings is 1. The van der Waals surface area contributed by atoms with E-state index >= 15 is 0 Å². The number of methoxy groups -OCH3 is 1. The maximum Gasteiger partial charge on any atom is 0.425 e. The van der Waals surface area contributed by atoms with Crippen molar-refractivity contribution in [3.05, 3.63) is 21.4 Å². The van der Waals surface area contributed by atoms with Crippen molar-refractivity contribution in [1.29, 1.82) is 0 Å². The zero-order chi connectivity index (χ0) is 15.6. The molecule has 1 aliphatic rings. The zero-order valence-electron chi connectivity index (χ0n) is 12.6. The van der Waals surface area contributed by atoms with Crippen molar-refractivity contribution in [2.75, 3.05) is 13.7 Å². The van der Waals surface area contributed by atoms with Gasteiger partial charge in [0.25, 0.3) is 0 Å². The van der Waals surface area contributed by atoms with Gasteiger partial charge in [0.2, 0.25) is 0 Å². The molecule has 2 atom stereocenters. The van der Waals surface area contributed by atoms with E-state index in [1.807, 2.05) is 0 Å². The topological polar surface area (TPSA) is 21.3 Å². The fourth-order valence-corrected chi connectivity index (χ4v) is 4.33. The second-order valence-corrected chi connectivity index (χ2v) is 6.96. The van der Waals surface area contributed by atoms with Crippen LogP contribution in [0.5, 0.6) is 0 Å². The Morgan fingerprint density at radius 1 is 1.29 bits per heavy atom. The number of nitrogens with one attached hydrogen (secondary N) is 1. The quantitative estimate of drug-likeness (QED) is 0.897. The third-order valence-electron chi connectivity index (χ3n) is 3.91. The number of rotatable bonds is 4. The molecular formula is C15H22F3NOS. The smallest absolute Gasteiger partial charge is 0.384 e. The Kier molecular flexibility index (Phi) is 5.33. The Balaban J connectivity index is 2.29. The molecule has 1 N–H and O–H groups in total. The monoisotopic (exact) mass is 321 g/mol. The van der Waals surface area contributed by atoms with Gasteiger partial charge in [0.1, 0.15) is 4.88 Å². The normalized spacial score (nSPS) is 27.0. The molecule has 1 aliphatic heterocycles. The van der Waals surface area contributed by atoms with E-state index in [1.165, 1.54) is 6.07 Å². The summed E-state index contributed by atoms with van der Waals surface area (Å²) in [6.07, 6.45) is -1.93. The first kappa shape index (κ1) is 16.8. The number of halogens is 3. The van der Waals surface area contributed by atoms with Gasteiger partial charge in [0, 0.05) is 24.1 Å². The predicted molar refractivity (Wildman–Crippen MR) is 78.9 cm³/mol. The van der Waals surface area contributed by atoms with Crippen molar-refractivity contribution in [2.24, 2.45) is 0 Å². The average Bonchev–Trinajstić information content (AvgIpc) is 2.79. The lowest BCUT2D eigenvalue weighted by molar-refractivity contribution is -0.134. The molecule has 6 heteroatoms. The van der Waals surface area contributed by atoms with Crippen LogP contribution >= 0.6 is 11.3 Å². The van der Waals surface area contributed by atoms with Gasteiger partial charge in [0.05, 0.1) is 6.61 Å². The Morgan fingerprint density at radius 3 is 2.43 bits per heavy atom. The summed E-state index contributed by atoms with van der Waals surface area (Å²) < 4.78 is 44.0. The van der Waals surface area contributed by atoms with Crippen LogP contribution in [0.1, 0.15) is 47.9 Å². The third kappa shape index (κ3) is 4.20. The first-order valence-electron chi connectivity index (χ1n) is 7.26. The van der Waals surface area contributed by atoms with Gasteiger partial charge in [-0.2, -0.15) is 13.2 Å². The van der Waals surface area contributed by atoms with Gasteiger partial charge in [-0.15, -0.1) is 11.3 Å². The van der Waals surface area contributed by atoms with Gasteiger partial charge < -0.3 is 10.1 Å². The SMILES string of the molecule is COCCc1cc(C(F)(F)F)sc1C1CC(C)NC(C)C1. The predicted octanol–water partition coefficient (Wildman–Crippen LogP) is 4.20. The van der Waals surface area contributed by atoms with Gasteiger partial charge in [-0.25, -0.2) is 0 Å². The molecule has 0 aromatic carbocycles. The summed E-state index contributed by atoms with van der Waals surface area (Å²) in [6, 6.07) is 1.99. The summed E-state index contributed by atoms with van der Waals surface area (Å²) >= 11 is 0.919. The van der Waals surface area contributed by atoms with Gasteiger partial charge in [-0.3, -0.25) is 0 Å². The van der Waals surface area contributed by atoms with E-state index < -0.39 is 11.1 Å². The second kappa shape index (κ2) is 6.67. The average molecular weight is 321 g/mol. The summed E-state index contributed by atoms with van der Waals surface area (Å²) in [5.74, 6) is 0.212. The van der Waals surface area contributed by atoms with Gasteiger partial charge in [-0.05, 0) is 50.7 Å². The fourth-order valence-electron chi connectivity index (χ4n) is 3.12. The van der Waals surface area contributed by atoms with Crippen LogP contribution < -0.4 is 5.32 Å². The molecule has 120 valence electrons. The van der Waals surface area contributed by atoms with Crippen LogP contribution in [0.3, 0.4) is 0 Å². The van der Waals surface area contributed by atoms with Gasteiger partial charge in [-0.1, -0.05) is 0 Å². The van der Waals surface area contributed by atoms with Crippen LogP contribution in [-0.2, 0) is 17.3 Å². The Labute approximate surface area is 127 Å². The summed E-state index contributed by atoms with van der Waals surface area (Å²) in [7, 11) is 1.57. The Bertz CT molecular complexity index is 462. The lowest BCUT2D eigenvalue weighted by Crippen LogP contribution is -2.41. The highest BCUT2D eigenvalue weighted by Crippen LogP contribution is 2.43. The number of piperidine rings is 1. The van der Waals surface area contributed by atoms with Crippen LogP contribution in [0.25, 0.3) is 0 Å². The third-order valence-corrected chi connectivity index (χ3v) is 5.30. The van der Waals surface area contributed by atoms with Crippen LogP contribution in [0.4, 0.5) is 13.2 Å². The highest BCUT2D eigenvalue weighted by Gasteiger charge is 2.36. The van der Waals surface area contributed by atoms with E-state index in [-0.39, 0.29) is 5.92 Å². The summed E-state index contributed by atoms with van der Waals surface area (Å²) in [6.45, 7) is 4.64. The largest absolute Gasteiger partial charge is 0.425 e. The Hall–Kier alpha value is -0.590. The van der Waals surface area contributed by atoms with Crippen molar-refractivity contribution < 1.29 is 17.9 Å². The number of ether oxygens (including phenoxy) is 1. The molecule has 1 aromatic rings. The highest BCUT2D eigenvalue weighted by molar-refractivity contribution is 7.12. The maximum atomic E-state index is 13.0. The lowest BCUT2D eigenvalue weighted by atomic mass is 9.86. The zero-order valence-corrected chi connectivity index (χ0v) is 13.4. The molecule has 0 bridgehead atoms. The van der Waals surface area contributed by atoms with Crippen molar-refractivity contribution >= 4 is 11.3 Å². The van der Waals surface area contributed by atoms with Crippen molar-refractivity contribution in [3.8, 4) is 0 Å². The molecule has 0 radical (unpaired) electrons. The van der Waals surface area contributed by atoms with E-state index in [2.05, 4.69) is 19.2 Å². The minimum absolute atomic E-state index is 0.212. The lowest BCUT2D eigenvalue weighted by Gasteiger charge is -2.33. The van der Waals surface area contributed by atoms with Crippen molar-refractivity contribution in [1.82, 2.24) is 5.32 Å². The van der Waals surface area contributed by atoms with Crippen LogP contribution in [-0.4, -0.2) is 25.8 Å². The molecule has 1 aromatic heterocycles. The van der Waals surface area contributed by atoms with E-state index in [1.54, 1.807) is 7.11 Å². The van der Waals surface area contributed by atoms with E-state index in [4.69, 9.17) is 4.74 Å². The fraction of sp³-hybridized carbons (Fsp3) is 0.733. The van der Waals surface area contributed by atoms with Crippen LogP contribution in [0.15, 0.2) is 6.07 Å². The first-order chi connectivity index (χ1) is 9.81. The number of hydrogen-bond donors (Lipinski definition) is 1.